The largest absolute Gasteiger partial charge is 0.497 e. The van der Waals surface area contributed by atoms with E-state index in [1.54, 1.807) is 73.0 Å². The van der Waals surface area contributed by atoms with E-state index >= 15 is 0 Å². The molecule has 125 heavy (non-hydrogen) atoms. The number of rotatable bonds is 37. The highest BCUT2D eigenvalue weighted by atomic mass is 32.2. The van der Waals surface area contributed by atoms with E-state index in [0.29, 0.717) is 28.8 Å². The molecule has 0 amide bonds. The maximum absolute atomic E-state index is 10.1. The van der Waals surface area contributed by atoms with E-state index in [9.17, 15) is 25.5 Å². The lowest BCUT2D eigenvalue weighted by molar-refractivity contribution is 0.264. The van der Waals surface area contributed by atoms with Crippen LogP contribution >= 0.6 is 58.8 Å². The number of hydrogen-bond acceptors (Lipinski definition) is 18. The summed E-state index contributed by atoms with van der Waals surface area (Å²) in [4.78, 5) is 0. The van der Waals surface area contributed by atoms with Crippen LogP contribution in [0.5, 0.6) is 11.5 Å². The summed E-state index contributed by atoms with van der Waals surface area (Å²) < 4.78 is 8.55. The molecule has 14 rings (SSSR count). The molecule has 0 fully saturated rings. The summed E-state index contributed by atoms with van der Waals surface area (Å²) in [7, 11) is 3.34. The van der Waals surface area contributed by atoms with Crippen molar-refractivity contribution < 1.29 is 40.1 Å². The van der Waals surface area contributed by atoms with Crippen molar-refractivity contribution in [1.82, 2.24) is 0 Å². The van der Waals surface area contributed by atoms with Crippen molar-refractivity contribution in [2.24, 2.45) is 28.7 Å². The van der Waals surface area contributed by atoms with Gasteiger partial charge in [0.05, 0.1) is 77.6 Å². The number of methoxy groups -OCH3 is 2. The molecule has 0 heterocycles. The molecule has 0 bridgehead atoms. The monoisotopic (exact) mass is 1760 g/mol. The van der Waals surface area contributed by atoms with E-state index in [1.807, 2.05) is 146 Å². The van der Waals surface area contributed by atoms with Crippen LogP contribution in [0.25, 0.3) is 0 Å². The zero-order chi connectivity index (χ0) is 88.4. The maximum atomic E-state index is 10.1. The lowest BCUT2D eigenvalue weighted by atomic mass is 9.84. The second-order valence-corrected chi connectivity index (χ2v) is 36.1. The molecular weight excluding hydrogens is 1640 g/mol. The van der Waals surface area contributed by atoms with Crippen LogP contribution in [0.1, 0.15) is 77.9 Å². The fraction of sp³-hybridized carbons (Fsp3) is 0.215. The minimum Gasteiger partial charge on any atom is -0.497 e. The number of aliphatic hydroxyl groups is 6. The molecule has 0 aliphatic carbocycles. The zero-order valence-corrected chi connectivity index (χ0v) is 74.9. The molecule has 0 saturated heterocycles. The molecule has 14 aromatic rings. The van der Waals surface area contributed by atoms with Crippen molar-refractivity contribution in [2.45, 2.75) is 53.9 Å². The van der Waals surface area contributed by atoms with Crippen LogP contribution in [0.3, 0.4) is 0 Å². The number of hydrogen-bond donors (Lipinski definition) is 11. The van der Waals surface area contributed by atoms with E-state index in [4.69, 9.17) is 43.2 Å². The average molecular weight is 1760 g/mol. The number of thioether (sulfide) groups is 5. The van der Waals surface area contributed by atoms with Gasteiger partial charge >= 0.3 is 0 Å². The summed E-state index contributed by atoms with van der Waals surface area (Å²) in [5, 5.41) is 57.0. The van der Waals surface area contributed by atoms with Crippen LogP contribution in [0.2, 0.25) is 0 Å². The third-order valence-electron chi connectivity index (χ3n) is 21.3. The van der Waals surface area contributed by atoms with Crippen molar-refractivity contribution in [1.29, 1.82) is 0 Å². The summed E-state index contributed by atoms with van der Waals surface area (Å²) in [6.45, 7) is -0.171. The van der Waals surface area contributed by atoms with Crippen molar-refractivity contribution in [2.75, 3.05) is 82.6 Å². The highest BCUT2D eigenvalue weighted by molar-refractivity contribution is 8.01. The van der Waals surface area contributed by atoms with Gasteiger partial charge in [0.2, 0.25) is 0 Å². The Hall–Kier alpha value is -10.0. The lowest BCUT2D eigenvalue weighted by Gasteiger charge is -2.36. The number of benzene rings is 14. The number of aliphatic hydroxyl groups excluding tert-OH is 6. The maximum Gasteiger partial charge on any atom is 0.118 e. The Labute approximate surface area is 760 Å². The molecule has 648 valence electrons. The molecule has 0 aromatic heterocycles. The topological polar surface area (TPSA) is 270 Å². The Bertz CT molecular complexity index is 4640. The van der Waals surface area contributed by atoms with Gasteiger partial charge in [0, 0.05) is 59.0 Å². The van der Waals surface area contributed by atoms with Gasteiger partial charge in [-0.1, -0.05) is 388 Å². The summed E-state index contributed by atoms with van der Waals surface area (Å²) >= 11 is 8.62. The van der Waals surface area contributed by atoms with Gasteiger partial charge in [-0.2, -0.15) is 0 Å². The van der Waals surface area contributed by atoms with Crippen molar-refractivity contribution in [3.63, 3.8) is 0 Å². The van der Waals surface area contributed by atoms with Crippen molar-refractivity contribution in [3.05, 3.63) is 490 Å². The van der Waals surface area contributed by atoms with Crippen LogP contribution < -0.4 is 38.1 Å². The van der Waals surface area contributed by atoms with Crippen molar-refractivity contribution in [3.8, 4) is 11.5 Å². The smallest absolute Gasteiger partial charge is 0.118 e. The standard InChI is InChI=1S/2C23H25NO2S.2C22H23NOS.C17H21NO2S/c2*1-26-22-14-12-20(13-15-22)23(27-17-21(24)16-25,18-8-4-2-5-9-18)19-10-6-3-7-11-19;2*23-21(16-24)17-25-22(18-10-4-1-5-11-18,19-12-6-2-7-13-19)20-14-8-3-9-15-20;18-16(11-19)12-21-17(13-20,14-7-3-1-4-8-14)15-9-5-2-6-10-15/h2*2-15,21,25H,16-17,24H2,1H3;2*1-15,21,24H,16-17,23H2;1-10,16,19-20H,11-13,18H2/t4*21-;16-/m10111/s1. The predicted molar refractivity (Wildman–Crippen MR) is 528 cm³/mol. The Morgan fingerprint density at radius 2 is 0.336 bits per heavy atom. The van der Waals surface area contributed by atoms with E-state index in [-0.39, 0.29) is 79.3 Å². The minimum absolute atomic E-state index is 0.0125. The molecule has 14 aromatic carbocycles. The Morgan fingerprint density at radius 3 is 0.472 bits per heavy atom. The molecule has 16 N–H and O–H groups in total. The van der Waals surface area contributed by atoms with Crippen LogP contribution in [-0.2, 0) is 23.7 Å². The van der Waals surface area contributed by atoms with Crippen molar-refractivity contribution >= 4 is 58.8 Å². The van der Waals surface area contributed by atoms with Gasteiger partial charge in [-0.25, -0.2) is 0 Å². The molecule has 0 saturated carbocycles. The third kappa shape index (κ3) is 25.5. The lowest BCUT2D eigenvalue weighted by Crippen LogP contribution is -2.34. The Kier molecular flexibility index (Phi) is 39.6. The molecule has 0 unspecified atom stereocenters. The van der Waals surface area contributed by atoms with Gasteiger partial charge < -0.3 is 68.8 Å². The van der Waals surface area contributed by atoms with Crippen LogP contribution in [0.15, 0.2) is 413 Å². The van der Waals surface area contributed by atoms with Gasteiger partial charge in [-0.3, -0.25) is 0 Å². The van der Waals surface area contributed by atoms with Gasteiger partial charge in [-0.15, -0.1) is 58.8 Å². The van der Waals surface area contributed by atoms with Gasteiger partial charge in [0.25, 0.3) is 0 Å². The molecule has 0 aliphatic heterocycles. The zero-order valence-electron chi connectivity index (χ0n) is 70.9. The van der Waals surface area contributed by atoms with Crippen LogP contribution in [0, 0.1) is 0 Å². The molecule has 5 atom stereocenters. The SMILES string of the molecule is COc1ccc(C(SC[C@@H](N)CO)(c2ccccc2)c2ccccc2)cc1.COc1ccc(C(SC[C@H](N)CO)(c2ccccc2)c2ccccc2)cc1.N[C@H](CO)CSC(CO)(c1ccccc1)c1ccccc1.N[C@H](CO)CSC(c1ccccc1)(c1ccccc1)c1ccccc1.N[C@H](CO)CSC(c1ccccc1)(c1ccccc1)c1ccccc1. The first-order chi connectivity index (χ1) is 61.2. The fourth-order valence-corrected chi connectivity index (χ4v) is 22.0. The van der Waals surface area contributed by atoms with E-state index in [2.05, 4.69) is 267 Å². The fourth-order valence-electron chi connectivity index (χ4n) is 14.8. The van der Waals surface area contributed by atoms with Crippen LogP contribution in [0.4, 0.5) is 0 Å². The summed E-state index contributed by atoms with van der Waals surface area (Å²) in [5.74, 6) is 4.81. The third-order valence-corrected chi connectivity index (χ3v) is 29.9. The first-order valence-corrected chi connectivity index (χ1v) is 46.7. The number of nitrogens with two attached hydrogens (primary N) is 5. The predicted octanol–water partition coefficient (Wildman–Crippen LogP) is 18.1. The van der Waals surface area contributed by atoms with Gasteiger partial charge in [0.15, 0.2) is 0 Å². The molecule has 13 nitrogen and oxygen atoms in total. The normalized spacial score (nSPS) is 12.7. The van der Waals surface area contributed by atoms with E-state index < -0.39 is 14.2 Å². The highest BCUT2D eigenvalue weighted by Crippen LogP contribution is 2.53. The second kappa shape index (κ2) is 51.0. The van der Waals surface area contributed by atoms with Gasteiger partial charge in [-0.05, 0) is 102 Å². The second-order valence-electron chi connectivity index (χ2n) is 29.8. The molecular formula is C107H117N5O8S5. The molecule has 0 aliphatic rings. The van der Waals surface area contributed by atoms with E-state index in [1.165, 1.54) is 55.6 Å². The highest BCUT2D eigenvalue weighted by Gasteiger charge is 2.42. The minimum atomic E-state index is -0.560. The summed E-state index contributed by atoms with van der Waals surface area (Å²) in [6.07, 6.45) is 0. The molecule has 0 spiro atoms. The van der Waals surface area contributed by atoms with Crippen LogP contribution in [-0.4, -0.2) is 143 Å². The first-order valence-electron chi connectivity index (χ1n) is 41.8. The van der Waals surface area contributed by atoms with E-state index in [0.717, 1.165) is 33.8 Å². The number of ether oxygens (including phenoxy) is 2. The quantitative estimate of drug-likeness (QED) is 0.0162. The molecule has 0 radical (unpaired) electrons. The van der Waals surface area contributed by atoms with Gasteiger partial charge in [0.1, 0.15) is 11.5 Å². The Morgan fingerprint density at radius 1 is 0.200 bits per heavy atom. The summed E-state index contributed by atoms with van der Waals surface area (Å²) in [5.41, 5.74) is 46.4. The average Bonchev–Trinajstić information content (AvgIpc) is 0.705. The summed E-state index contributed by atoms with van der Waals surface area (Å²) in [6, 6.07) is 140. The first kappa shape index (κ1) is 97.2. The molecule has 18 heteroatoms. The Balaban J connectivity index is 0.000000164.